The number of nitrogens with one attached hydrogen (secondary N) is 1. The first-order valence-electron chi connectivity index (χ1n) is 5.21. The number of benzene rings is 1. The van der Waals surface area contributed by atoms with E-state index >= 15 is 0 Å². The van der Waals surface area contributed by atoms with Crippen molar-refractivity contribution >= 4 is 17.8 Å². The molecule has 0 radical (unpaired) electrons. The highest BCUT2D eigenvalue weighted by Crippen LogP contribution is 2.00. The van der Waals surface area contributed by atoms with Crippen LogP contribution in [-0.2, 0) is 20.9 Å². The van der Waals surface area contributed by atoms with Gasteiger partial charge in [-0.25, -0.2) is 9.59 Å². The molecule has 96 valence electrons. The second-order valence-electron chi connectivity index (χ2n) is 3.59. The standard InChI is InChI=1S/C12H13NO5/c1-8(14)10(11(15)16)13-12(17)18-7-9-5-3-2-4-6-9/h2-6,10H,7H2,1H3,(H,13,17)(H,15,16). The number of ketones is 1. The van der Waals surface area contributed by atoms with Gasteiger partial charge in [-0.3, -0.25) is 4.79 Å². The van der Waals surface area contributed by atoms with E-state index in [0.29, 0.717) is 0 Å². The molecule has 0 saturated heterocycles. The van der Waals surface area contributed by atoms with Gasteiger partial charge in [0.25, 0.3) is 0 Å². The Morgan fingerprint density at radius 3 is 2.39 bits per heavy atom. The molecule has 0 fully saturated rings. The van der Waals surface area contributed by atoms with Gasteiger partial charge in [0.1, 0.15) is 6.61 Å². The third-order valence-corrected chi connectivity index (χ3v) is 2.13. The lowest BCUT2D eigenvalue weighted by atomic mass is 10.2. The minimum Gasteiger partial charge on any atom is -0.479 e. The minimum atomic E-state index is -1.58. The molecule has 0 saturated carbocycles. The first-order valence-corrected chi connectivity index (χ1v) is 5.21. The molecule has 0 heterocycles. The van der Waals surface area contributed by atoms with Crippen molar-refractivity contribution in [3.8, 4) is 0 Å². The number of carboxylic acids is 1. The SMILES string of the molecule is CC(=O)C(NC(=O)OCc1ccccc1)C(=O)O. The van der Waals surface area contributed by atoms with Crippen LogP contribution in [-0.4, -0.2) is 29.0 Å². The predicted octanol–water partition coefficient (Wildman–Crippen LogP) is 0.955. The topological polar surface area (TPSA) is 92.7 Å². The van der Waals surface area contributed by atoms with Crippen LogP contribution < -0.4 is 5.32 Å². The second kappa shape index (κ2) is 6.39. The van der Waals surface area contributed by atoms with E-state index in [9.17, 15) is 14.4 Å². The summed E-state index contributed by atoms with van der Waals surface area (Å²) in [6.45, 7) is 1.09. The molecule has 1 unspecified atom stereocenters. The smallest absolute Gasteiger partial charge is 0.408 e. The zero-order valence-electron chi connectivity index (χ0n) is 9.75. The van der Waals surface area contributed by atoms with E-state index in [-0.39, 0.29) is 6.61 Å². The molecule has 6 heteroatoms. The van der Waals surface area contributed by atoms with Crippen LogP contribution >= 0.6 is 0 Å². The summed E-state index contributed by atoms with van der Waals surface area (Å²) < 4.78 is 4.79. The summed E-state index contributed by atoms with van der Waals surface area (Å²) in [5.74, 6) is -2.08. The number of carboxylic acid groups (broad SMARTS) is 1. The van der Waals surface area contributed by atoms with Gasteiger partial charge in [-0.05, 0) is 12.5 Å². The van der Waals surface area contributed by atoms with Gasteiger partial charge in [0.2, 0.25) is 0 Å². The number of hydrogen-bond donors (Lipinski definition) is 2. The van der Waals surface area contributed by atoms with E-state index in [1.165, 1.54) is 0 Å². The lowest BCUT2D eigenvalue weighted by Gasteiger charge is -2.11. The van der Waals surface area contributed by atoms with Crippen molar-refractivity contribution in [2.75, 3.05) is 0 Å². The molecule has 1 amide bonds. The van der Waals surface area contributed by atoms with E-state index in [1.807, 2.05) is 11.4 Å². The lowest BCUT2D eigenvalue weighted by Crippen LogP contribution is -2.45. The van der Waals surface area contributed by atoms with Gasteiger partial charge >= 0.3 is 12.1 Å². The van der Waals surface area contributed by atoms with Crippen molar-refractivity contribution in [1.82, 2.24) is 5.32 Å². The summed E-state index contributed by atoms with van der Waals surface area (Å²) in [7, 11) is 0. The van der Waals surface area contributed by atoms with E-state index in [2.05, 4.69) is 0 Å². The molecule has 1 atom stereocenters. The minimum absolute atomic E-state index is 0.0108. The number of hydrogen-bond acceptors (Lipinski definition) is 4. The van der Waals surface area contributed by atoms with Gasteiger partial charge in [0.05, 0.1) is 0 Å². The van der Waals surface area contributed by atoms with Crippen molar-refractivity contribution in [3.63, 3.8) is 0 Å². The molecule has 0 bridgehead atoms. The van der Waals surface area contributed by atoms with Crippen LogP contribution in [0.3, 0.4) is 0 Å². The Balaban J connectivity index is 2.46. The molecule has 0 aromatic heterocycles. The van der Waals surface area contributed by atoms with Crippen molar-refractivity contribution in [2.45, 2.75) is 19.6 Å². The highest BCUT2D eigenvalue weighted by molar-refractivity contribution is 6.03. The van der Waals surface area contributed by atoms with Gasteiger partial charge in [0.15, 0.2) is 11.8 Å². The normalized spacial score (nSPS) is 11.4. The zero-order valence-corrected chi connectivity index (χ0v) is 9.75. The number of aliphatic carboxylic acids is 1. The predicted molar refractivity (Wildman–Crippen MR) is 61.9 cm³/mol. The first kappa shape index (κ1) is 13.7. The Labute approximate surface area is 104 Å². The van der Waals surface area contributed by atoms with Crippen LogP contribution in [0, 0.1) is 0 Å². The van der Waals surface area contributed by atoms with Gasteiger partial charge in [-0.2, -0.15) is 0 Å². The maximum atomic E-state index is 11.3. The first-order chi connectivity index (χ1) is 8.50. The van der Waals surface area contributed by atoms with E-state index in [4.69, 9.17) is 9.84 Å². The molecule has 1 rings (SSSR count). The quantitative estimate of drug-likeness (QED) is 0.760. The van der Waals surface area contributed by atoms with Crippen LogP contribution in [0.4, 0.5) is 4.79 Å². The Morgan fingerprint density at radius 2 is 1.89 bits per heavy atom. The largest absolute Gasteiger partial charge is 0.479 e. The fourth-order valence-electron chi connectivity index (χ4n) is 1.22. The Kier molecular flexibility index (Phi) is 4.86. The third-order valence-electron chi connectivity index (χ3n) is 2.13. The van der Waals surface area contributed by atoms with Crippen molar-refractivity contribution in [2.24, 2.45) is 0 Å². The number of ether oxygens (including phenoxy) is 1. The number of carbonyl (C=O) groups excluding carboxylic acids is 2. The third kappa shape index (κ3) is 4.25. The maximum Gasteiger partial charge on any atom is 0.408 e. The molecule has 1 aromatic carbocycles. The van der Waals surface area contributed by atoms with Crippen LogP contribution in [0.1, 0.15) is 12.5 Å². The fraction of sp³-hybridized carbons (Fsp3) is 0.250. The monoisotopic (exact) mass is 251 g/mol. The molecule has 2 N–H and O–H groups in total. The maximum absolute atomic E-state index is 11.3. The molecule has 0 spiro atoms. The summed E-state index contributed by atoms with van der Waals surface area (Å²) in [5.41, 5.74) is 0.766. The van der Waals surface area contributed by atoms with Crippen LogP contribution in [0.25, 0.3) is 0 Å². The summed E-state index contributed by atoms with van der Waals surface area (Å²) in [5, 5.41) is 10.7. The van der Waals surface area contributed by atoms with Gasteiger partial charge in [-0.15, -0.1) is 0 Å². The highest BCUT2D eigenvalue weighted by atomic mass is 16.5. The zero-order chi connectivity index (χ0) is 13.5. The molecular weight excluding hydrogens is 238 g/mol. The van der Waals surface area contributed by atoms with Gasteiger partial charge in [-0.1, -0.05) is 30.3 Å². The highest BCUT2D eigenvalue weighted by Gasteiger charge is 2.25. The van der Waals surface area contributed by atoms with Crippen molar-refractivity contribution < 1.29 is 24.2 Å². The summed E-state index contributed by atoms with van der Waals surface area (Å²) >= 11 is 0. The summed E-state index contributed by atoms with van der Waals surface area (Å²) in [6.07, 6.45) is -0.943. The Bertz CT molecular complexity index is 429. The van der Waals surface area contributed by atoms with Crippen LogP contribution in [0.15, 0.2) is 30.3 Å². The van der Waals surface area contributed by atoms with E-state index in [0.717, 1.165) is 12.5 Å². The lowest BCUT2D eigenvalue weighted by molar-refractivity contribution is -0.142. The van der Waals surface area contributed by atoms with Crippen molar-refractivity contribution in [1.29, 1.82) is 0 Å². The molecule has 18 heavy (non-hydrogen) atoms. The molecule has 6 nitrogen and oxygen atoms in total. The second-order valence-corrected chi connectivity index (χ2v) is 3.59. The van der Waals surface area contributed by atoms with Crippen molar-refractivity contribution in [3.05, 3.63) is 35.9 Å². The molecule has 1 aromatic rings. The average Bonchev–Trinajstić information content (AvgIpc) is 2.34. The van der Waals surface area contributed by atoms with E-state index < -0.39 is 23.9 Å². The number of carbonyl (C=O) groups is 3. The summed E-state index contributed by atoms with van der Waals surface area (Å²) in [4.78, 5) is 32.9. The number of Topliss-reactive ketones (excluding diaryl/α,β-unsaturated/α-hetero) is 1. The number of alkyl carbamates (subject to hydrolysis) is 1. The average molecular weight is 251 g/mol. The molecule has 0 aliphatic carbocycles. The summed E-state index contributed by atoms with van der Waals surface area (Å²) in [6, 6.07) is 7.33. The van der Waals surface area contributed by atoms with Gasteiger partial charge < -0.3 is 15.2 Å². The Morgan fingerprint density at radius 1 is 1.28 bits per heavy atom. The molecular formula is C12H13NO5. The number of rotatable bonds is 5. The Hall–Kier alpha value is -2.37. The molecule has 0 aliphatic heterocycles. The van der Waals surface area contributed by atoms with Crippen LogP contribution in [0.2, 0.25) is 0 Å². The number of amides is 1. The van der Waals surface area contributed by atoms with E-state index in [1.54, 1.807) is 24.3 Å². The van der Waals surface area contributed by atoms with Crippen LogP contribution in [0.5, 0.6) is 0 Å². The van der Waals surface area contributed by atoms with Gasteiger partial charge in [0, 0.05) is 0 Å². The molecule has 0 aliphatic rings. The fourth-order valence-corrected chi connectivity index (χ4v) is 1.22.